The Morgan fingerprint density at radius 3 is 3.00 bits per heavy atom. The third kappa shape index (κ3) is 2.29. The van der Waals surface area contributed by atoms with Crippen molar-refractivity contribution < 1.29 is 5.84 Å². The van der Waals surface area contributed by atoms with E-state index < -0.39 is 0 Å². The first-order chi connectivity index (χ1) is 9.29. The standard InChI is InChI=1S/C13H17N5S/c14-17-13(19)18-6-3-9(4-7-18)10-8-16-11-2-1-5-15-12(10)11/h1-2,5,8-9,16H,3-4,6-7,14H2,(H,17,19)/p+1. The molecule has 1 saturated heterocycles. The Hall–Kier alpha value is -1.66. The van der Waals surface area contributed by atoms with E-state index in [-0.39, 0.29) is 0 Å². The van der Waals surface area contributed by atoms with Crippen LogP contribution in [-0.2, 0) is 0 Å². The molecule has 3 heterocycles. The molecule has 0 aliphatic carbocycles. The molecule has 0 spiro atoms. The number of rotatable bonds is 1. The fourth-order valence-electron chi connectivity index (χ4n) is 2.79. The highest BCUT2D eigenvalue weighted by Crippen LogP contribution is 2.31. The van der Waals surface area contributed by atoms with Gasteiger partial charge in [0.25, 0.3) is 0 Å². The number of hydrogen-bond acceptors (Lipinski definition) is 2. The number of H-pyrrole nitrogens is 1. The van der Waals surface area contributed by atoms with Gasteiger partial charge in [-0.15, -0.1) is 0 Å². The molecule has 3 rings (SSSR count). The van der Waals surface area contributed by atoms with Crippen molar-refractivity contribution in [2.75, 3.05) is 13.1 Å². The molecule has 1 fully saturated rings. The average Bonchev–Trinajstić information content (AvgIpc) is 2.90. The van der Waals surface area contributed by atoms with E-state index in [2.05, 4.69) is 38.4 Å². The van der Waals surface area contributed by atoms with Crippen LogP contribution in [0.15, 0.2) is 24.5 Å². The molecule has 0 atom stereocenters. The van der Waals surface area contributed by atoms with Crippen LogP contribution in [0.4, 0.5) is 0 Å². The molecular formula is C13H18N5S+. The normalized spacial score (nSPS) is 16.8. The first-order valence-electron chi connectivity index (χ1n) is 6.53. The number of quaternary nitrogens is 1. The SMILES string of the molecule is [NH3+]NC(=S)N1CCC(c2c[nH]c3cccnc23)CC1. The van der Waals surface area contributed by atoms with Crippen molar-refractivity contribution in [3.8, 4) is 0 Å². The third-order valence-corrected chi connectivity index (χ3v) is 4.24. The van der Waals surface area contributed by atoms with Gasteiger partial charge < -0.3 is 9.88 Å². The van der Waals surface area contributed by atoms with Crippen molar-refractivity contribution >= 4 is 28.4 Å². The van der Waals surface area contributed by atoms with Crippen molar-refractivity contribution in [2.24, 2.45) is 0 Å². The fraction of sp³-hybridized carbons (Fsp3) is 0.385. The third-order valence-electron chi connectivity index (χ3n) is 3.84. The van der Waals surface area contributed by atoms with E-state index >= 15 is 0 Å². The van der Waals surface area contributed by atoms with E-state index in [0.29, 0.717) is 5.92 Å². The molecule has 0 amide bonds. The molecule has 100 valence electrons. The zero-order valence-corrected chi connectivity index (χ0v) is 11.5. The minimum absolute atomic E-state index is 0.563. The largest absolute Gasteiger partial charge is 0.360 e. The summed E-state index contributed by atoms with van der Waals surface area (Å²) in [5, 5.41) is 0.746. The Bertz CT molecular complexity index is 585. The summed E-state index contributed by atoms with van der Waals surface area (Å²) in [4.78, 5) is 9.98. The summed E-state index contributed by atoms with van der Waals surface area (Å²) >= 11 is 5.22. The van der Waals surface area contributed by atoms with E-state index in [1.54, 1.807) is 0 Å². The van der Waals surface area contributed by atoms with Crippen LogP contribution in [0.1, 0.15) is 24.3 Å². The molecular weight excluding hydrogens is 258 g/mol. The second-order valence-corrected chi connectivity index (χ2v) is 5.27. The van der Waals surface area contributed by atoms with Gasteiger partial charge in [0, 0.05) is 25.5 Å². The maximum Gasteiger partial charge on any atom is 0.215 e. The molecule has 0 saturated carbocycles. The summed E-state index contributed by atoms with van der Waals surface area (Å²) in [6.45, 7) is 1.96. The van der Waals surface area contributed by atoms with E-state index in [9.17, 15) is 0 Å². The number of thiocarbonyl (C=S) groups is 1. The first-order valence-corrected chi connectivity index (χ1v) is 6.94. The zero-order chi connectivity index (χ0) is 13.2. The van der Waals surface area contributed by atoms with Gasteiger partial charge in [-0.05, 0) is 48.7 Å². The van der Waals surface area contributed by atoms with Gasteiger partial charge in [-0.2, -0.15) is 0 Å². The molecule has 0 radical (unpaired) electrons. The van der Waals surface area contributed by atoms with Crippen molar-refractivity contribution in [1.29, 1.82) is 0 Å². The zero-order valence-electron chi connectivity index (χ0n) is 10.7. The average molecular weight is 276 g/mol. The summed E-state index contributed by atoms with van der Waals surface area (Å²) in [6.07, 6.45) is 6.17. The van der Waals surface area contributed by atoms with Crippen LogP contribution < -0.4 is 11.3 Å². The van der Waals surface area contributed by atoms with Gasteiger partial charge >= 0.3 is 0 Å². The topological polar surface area (TPSA) is 71.6 Å². The van der Waals surface area contributed by atoms with Gasteiger partial charge in [-0.3, -0.25) is 10.8 Å². The minimum Gasteiger partial charge on any atom is -0.360 e. The minimum atomic E-state index is 0.563. The molecule has 1 aliphatic rings. The van der Waals surface area contributed by atoms with Gasteiger partial charge in [0.05, 0.1) is 11.0 Å². The number of fused-ring (bicyclic) bond motifs is 1. The van der Waals surface area contributed by atoms with Crippen LogP contribution in [0.3, 0.4) is 0 Å². The molecule has 2 aromatic heterocycles. The first kappa shape index (κ1) is 12.4. The number of aromatic nitrogens is 2. The molecule has 0 unspecified atom stereocenters. The molecule has 19 heavy (non-hydrogen) atoms. The monoisotopic (exact) mass is 276 g/mol. The Kier molecular flexibility index (Phi) is 3.35. The second kappa shape index (κ2) is 5.14. The lowest BCUT2D eigenvalue weighted by atomic mass is 9.90. The van der Waals surface area contributed by atoms with Crippen molar-refractivity contribution in [2.45, 2.75) is 18.8 Å². The van der Waals surface area contributed by atoms with Crippen LogP contribution in [0.5, 0.6) is 0 Å². The quantitative estimate of drug-likeness (QED) is 0.531. The summed E-state index contributed by atoms with van der Waals surface area (Å²) in [5.74, 6) is 4.19. The van der Waals surface area contributed by atoms with E-state index in [1.165, 1.54) is 5.56 Å². The van der Waals surface area contributed by atoms with Gasteiger partial charge in [-0.1, -0.05) is 0 Å². The van der Waals surface area contributed by atoms with Crippen LogP contribution in [0.2, 0.25) is 0 Å². The Morgan fingerprint density at radius 2 is 2.26 bits per heavy atom. The fourth-order valence-corrected chi connectivity index (χ4v) is 2.97. The number of likely N-dealkylation sites (tertiary alicyclic amines) is 1. The predicted molar refractivity (Wildman–Crippen MR) is 78.3 cm³/mol. The lowest BCUT2D eigenvalue weighted by Crippen LogP contribution is -2.70. The number of pyridine rings is 1. The van der Waals surface area contributed by atoms with Gasteiger partial charge in [-0.25, -0.2) is 5.43 Å². The number of hydrogen-bond donors (Lipinski definition) is 3. The molecule has 1 aliphatic heterocycles. The number of nitrogens with zero attached hydrogens (tertiary/aromatic N) is 2. The molecule has 0 aromatic carbocycles. The van der Waals surface area contributed by atoms with E-state index in [4.69, 9.17) is 12.2 Å². The highest BCUT2D eigenvalue weighted by atomic mass is 32.1. The molecule has 0 bridgehead atoms. The van der Waals surface area contributed by atoms with Gasteiger partial charge in [0.2, 0.25) is 5.11 Å². The smallest absolute Gasteiger partial charge is 0.215 e. The molecule has 6 heteroatoms. The lowest BCUT2D eigenvalue weighted by molar-refractivity contribution is -0.420. The van der Waals surface area contributed by atoms with Crippen molar-refractivity contribution in [1.82, 2.24) is 20.3 Å². The second-order valence-electron chi connectivity index (χ2n) is 4.89. The van der Waals surface area contributed by atoms with Crippen LogP contribution in [0, 0.1) is 0 Å². The Morgan fingerprint density at radius 1 is 1.47 bits per heavy atom. The Labute approximate surface area is 117 Å². The molecule has 5 nitrogen and oxygen atoms in total. The number of piperidine rings is 1. The van der Waals surface area contributed by atoms with Crippen molar-refractivity contribution in [3.63, 3.8) is 0 Å². The molecule has 5 N–H and O–H groups in total. The highest BCUT2D eigenvalue weighted by molar-refractivity contribution is 7.80. The summed E-state index contributed by atoms with van der Waals surface area (Å²) < 4.78 is 0. The van der Waals surface area contributed by atoms with E-state index in [1.807, 2.05) is 12.3 Å². The van der Waals surface area contributed by atoms with Crippen LogP contribution >= 0.6 is 12.2 Å². The lowest BCUT2D eigenvalue weighted by Gasteiger charge is -2.32. The number of nitrogens with one attached hydrogen (secondary N) is 2. The molecule has 2 aromatic rings. The number of aromatic amines is 1. The maximum atomic E-state index is 5.22. The maximum absolute atomic E-state index is 5.22. The summed E-state index contributed by atoms with van der Waals surface area (Å²) in [7, 11) is 0. The predicted octanol–water partition coefficient (Wildman–Crippen LogP) is 0.774. The Balaban J connectivity index is 1.77. The highest BCUT2D eigenvalue weighted by Gasteiger charge is 2.24. The van der Waals surface area contributed by atoms with Gasteiger partial charge in [0.1, 0.15) is 0 Å². The summed E-state index contributed by atoms with van der Waals surface area (Å²) in [5.41, 5.74) is 6.37. The summed E-state index contributed by atoms with van der Waals surface area (Å²) in [6, 6.07) is 4.03. The van der Waals surface area contributed by atoms with Gasteiger partial charge in [0.15, 0.2) is 0 Å². The van der Waals surface area contributed by atoms with Crippen molar-refractivity contribution in [3.05, 3.63) is 30.1 Å². The van der Waals surface area contributed by atoms with E-state index in [0.717, 1.165) is 42.1 Å². The van der Waals surface area contributed by atoms with Crippen LogP contribution in [0.25, 0.3) is 11.0 Å². The van der Waals surface area contributed by atoms with Crippen LogP contribution in [-0.4, -0.2) is 33.1 Å².